The molecule has 0 bridgehead atoms. The Morgan fingerprint density at radius 2 is 2.03 bits per heavy atom. The van der Waals surface area contributed by atoms with E-state index in [9.17, 15) is 18.0 Å². The fourth-order valence-electron chi connectivity index (χ4n) is 3.28. The lowest BCUT2D eigenvalue weighted by Crippen LogP contribution is -2.25. The number of nitrogens with zero attached hydrogens (tertiary/aromatic N) is 2. The van der Waals surface area contributed by atoms with Gasteiger partial charge in [0.15, 0.2) is 5.69 Å². The predicted octanol–water partition coefficient (Wildman–Crippen LogP) is 2.14. The molecule has 2 N–H and O–H groups in total. The highest BCUT2D eigenvalue weighted by Crippen LogP contribution is 2.26. The van der Waals surface area contributed by atoms with E-state index < -0.39 is 21.9 Å². The Morgan fingerprint density at radius 1 is 1.21 bits per heavy atom. The van der Waals surface area contributed by atoms with Crippen molar-refractivity contribution in [3.63, 3.8) is 0 Å². The first-order valence-corrected chi connectivity index (χ1v) is 10.5. The summed E-state index contributed by atoms with van der Waals surface area (Å²) in [5.41, 5.74) is 2.01. The average Bonchev–Trinajstić information content (AvgIpc) is 3.29. The van der Waals surface area contributed by atoms with E-state index in [4.69, 9.17) is 4.74 Å². The van der Waals surface area contributed by atoms with Crippen LogP contribution in [-0.2, 0) is 14.8 Å². The highest BCUT2D eigenvalue weighted by molar-refractivity contribution is 7.93. The van der Waals surface area contributed by atoms with Crippen molar-refractivity contribution in [2.75, 3.05) is 29.0 Å². The summed E-state index contributed by atoms with van der Waals surface area (Å²) in [6.45, 7) is 0.404. The predicted molar refractivity (Wildman–Crippen MR) is 108 cm³/mol. The number of benzene rings is 2. The third-order valence-corrected chi connectivity index (χ3v) is 6.56. The van der Waals surface area contributed by atoms with Crippen molar-refractivity contribution < 1.29 is 22.7 Å². The van der Waals surface area contributed by atoms with Gasteiger partial charge < -0.3 is 10.1 Å². The first-order valence-electron chi connectivity index (χ1n) is 8.87. The molecule has 1 aliphatic rings. The zero-order chi connectivity index (χ0) is 20.6. The van der Waals surface area contributed by atoms with Crippen molar-refractivity contribution in [1.29, 1.82) is 0 Å². The highest BCUT2D eigenvalue weighted by atomic mass is 32.2. The van der Waals surface area contributed by atoms with Gasteiger partial charge in [-0.1, -0.05) is 6.07 Å². The quantitative estimate of drug-likeness (QED) is 0.631. The number of aromatic nitrogens is 2. The Hall–Kier alpha value is -3.40. The van der Waals surface area contributed by atoms with E-state index >= 15 is 0 Å². The number of anilines is 2. The summed E-state index contributed by atoms with van der Waals surface area (Å²) >= 11 is 0. The van der Waals surface area contributed by atoms with Gasteiger partial charge in [0.05, 0.1) is 24.1 Å². The Balaban J connectivity index is 1.60. The van der Waals surface area contributed by atoms with Gasteiger partial charge in [-0.15, -0.1) is 0 Å². The van der Waals surface area contributed by atoms with E-state index in [1.165, 1.54) is 11.4 Å². The van der Waals surface area contributed by atoms with Crippen LogP contribution >= 0.6 is 0 Å². The molecule has 9 nitrogen and oxygen atoms in total. The van der Waals surface area contributed by atoms with Crippen LogP contribution in [0.25, 0.3) is 10.9 Å². The number of H-pyrrole nitrogens is 1. The molecule has 0 saturated carbocycles. The molecule has 0 radical (unpaired) electrons. The van der Waals surface area contributed by atoms with Gasteiger partial charge in [0, 0.05) is 23.2 Å². The van der Waals surface area contributed by atoms with E-state index in [1.807, 2.05) is 0 Å². The summed E-state index contributed by atoms with van der Waals surface area (Å²) < 4.78 is 30.3. The lowest BCUT2D eigenvalue weighted by atomic mass is 10.1. The van der Waals surface area contributed by atoms with Crippen LogP contribution in [0.1, 0.15) is 27.3 Å². The number of carbonyl (C=O) groups excluding carboxylic acids is 2. The lowest BCUT2D eigenvalue weighted by molar-refractivity contribution is 0.0596. The highest BCUT2D eigenvalue weighted by Gasteiger charge is 2.28. The van der Waals surface area contributed by atoms with Crippen LogP contribution in [0.5, 0.6) is 0 Å². The molecule has 150 valence electrons. The van der Waals surface area contributed by atoms with Gasteiger partial charge >= 0.3 is 5.97 Å². The van der Waals surface area contributed by atoms with Crippen LogP contribution in [0, 0.1) is 0 Å². The largest absolute Gasteiger partial charge is 0.464 e. The van der Waals surface area contributed by atoms with Gasteiger partial charge in [0.25, 0.3) is 5.91 Å². The normalized spacial score (nSPS) is 15.4. The molecule has 0 spiro atoms. The Bertz CT molecular complexity index is 1220. The summed E-state index contributed by atoms with van der Waals surface area (Å²) in [6, 6.07) is 11.5. The van der Waals surface area contributed by atoms with Gasteiger partial charge in [-0.05, 0) is 42.8 Å². The SMILES string of the molecule is COC(=O)c1n[nH]c2ccc(NC(=O)c3cccc(N4CCCS4(=O)=O)c3)cc12. The van der Waals surface area contributed by atoms with Crippen molar-refractivity contribution in [1.82, 2.24) is 10.2 Å². The standard InChI is InChI=1S/C19H18N4O5S/c1-28-19(25)17-15-11-13(6-7-16(15)21-22-17)20-18(24)12-4-2-5-14(10-12)23-8-3-9-29(23,26)27/h2,4-7,10-11H,3,8-9H2,1H3,(H,20,24)(H,21,22). The molecule has 2 aromatic carbocycles. The molecule has 10 heteroatoms. The number of methoxy groups -OCH3 is 1. The molecule has 2 heterocycles. The number of hydrogen-bond acceptors (Lipinski definition) is 6. The third-order valence-electron chi connectivity index (χ3n) is 4.70. The second-order valence-electron chi connectivity index (χ2n) is 6.57. The van der Waals surface area contributed by atoms with Crippen LogP contribution in [-0.4, -0.2) is 49.9 Å². The maximum atomic E-state index is 12.7. The number of aromatic amines is 1. The van der Waals surface area contributed by atoms with Gasteiger partial charge in [0.2, 0.25) is 10.0 Å². The lowest BCUT2D eigenvalue weighted by Gasteiger charge is -2.17. The van der Waals surface area contributed by atoms with Crippen molar-refractivity contribution in [2.45, 2.75) is 6.42 Å². The second kappa shape index (κ2) is 7.21. The first kappa shape index (κ1) is 18.9. The van der Waals surface area contributed by atoms with Gasteiger partial charge in [-0.2, -0.15) is 5.10 Å². The van der Waals surface area contributed by atoms with Crippen molar-refractivity contribution in [3.05, 3.63) is 53.7 Å². The van der Waals surface area contributed by atoms with Crippen molar-refractivity contribution in [2.24, 2.45) is 0 Å². The fourth-order valence-corrected chi connectivity index (χ4v) is 4.84. The molecular formula is C19H18N4O5S. The van der Waals surface area contributed by atoms with Crippen LogP contribution in [0.4, 0.5) is 11.4 Å². The maximum Gasteiger partial charge on any atom is 0.359 e. The van der Waals surface area contributed by atoms with E-state index in [-0.39, 0.29) is 11.4 Å². The number of nitrogens with one attached hydrogen (secondary N) is 2. The van der Waals surface area contributed by atoms with Crippen molar-refractivity contribution >= 4 is 44.2 Å². The summed E-state index contributed by atoms with van der Waals surface area (Å²) in [7, 11) is -2.06. The van der Waals surface area contributed by atoms with E-state index in [0.29, 0.717) is 40.8 Å². The van der Waals surface area contributed by atoms with Gasteiger partial charge in [-0.3, -0.25) is 14.2 Å². The second-order valence-corrected chi connectivity index (χ2v) is 8.58. The van der Waals surface area contributed by atoms with E-state index in [2.05, 4.69) is 15.5 Å². The summed E-state index contributed by atoms with van der Waals surface area (Å²) in [6.07, 6.45) is 0.562. The third kappa shape index (κ3) is 3.54. The van der Waals surface area contributed by atoms with Gasteiger partial charge in [0.1, 0.15) is 0 Å². The van der Waals surface area contributed by atoms with Crippen LogP contribution in [0.3, 0.4) is 0 Å². The number of hydrogen-bond donors (Lipinski definition) is 2. The summed E-state index contributed by atoms with van der Waals surface area (Å²) in [4.78, 5) is 24.5. The molecule has 0 atom stereocenters. The summed E-state index contributed by atoms with van der Waals surface area (Å²) in [5, 5.41) is 9.96. The smallest absolute Gasteiger partial charge is 0.359 e. The van der Waals surface area contributed by atoms with Gasteiger partial charge in [-0.25, -0.2) is 13.2 Å². The minimum absolute atomic E-state index is 0.108. The molecule has 29 heavy (non-hydrogen) atoms. The minimum Gasteiger partial charge on any atom is -0.464 e. The van der Waals surface area contributed by atoms with Crippen LogP contribution in [0.2, 0.25) is 0 Å². The topological polar surface area (TPSA) is 121 Å². The number of amides is 1. The first-order chi connectivity index (χ1) is 13.9. The maximum absolute atomic E-state index is 12.7. The van der Waals surface area contributed by atoms with E-state index in [0.717, 1.165) is 0 Å². The number of fused-ring (bicyclic) bond motifs is 1. The van der Waals surface area contributed by atoms with Crippen molar-refractivity contribution in [3.8, 4) is 0 Å². The zero-order valence-corrected chi connectivity index (χ0v) is 16.3. The molecule has 4 rings (SSSR count). The minimum atomic E-state index is -3.33. The number of sulfonamides is 1. The Labute approximate surface area is 166 Å². The number of carbonyl (C=O) groups is 2. The zero-order valence-electron chi connectivity index (χ0n) is 15.5. The molecular weight excluding hydrogens is 396 g/mol. The molecule has 1 amide bonds. The van der Waals surface area contributed by atoms with Crippen LogP contribution in [0.15, 0.2) is 42.5 Å². The van der Waals surface area contributed by atoms with E-state index in [1.54, 1.807) is 42.5 Å². The molecule has 1 aromatic heterocycles. The average molecular weight is 414 g/mol. The Morgan fingerprint density at radius 3 is 2.76 bits per heavy atom. The van der Waals surface area contributed by atoms with Crippen LogP contribution < -0.4 is 9.62 Å². The summed E-state index contributed by atoms with van der Waals surface area (Å²) in [5.74, 6) is -0.874. The molecule has 1 fully saturated rings. The number of esters is 1. The molecule has 3 aromatic rings. The Kier molecular flexibility index (Phi) is 4.71. The number of ether oxygens (including phenoxy) is 1. The molecule has 1 saturated heterocycles. The molecule has 1 aliphatic heterocycles. The monoisotopic (exact) mass is 414 g/mol. The fraction of sp³-hybridized carbons (Fsp3) is 0.211. The molecule has 0 aliphatic carbocycles. The molecule has 0 unspecified atom stereocenters. The number of rotatable bonds is 4.